The van der Waals surface area contributed by atoms with Crippen LogP contribution in [0, 0.1) is 5.92 Å². The maximum atomic E-state index is 5.69. The topological polar surface area (TPSA) is 39.7 Å². The zero-order chi connectivity index (χ0) is 13.6. The van der Waals surface area contributed by atoms with Crippen LogP contribution in [0.25, 0.3) is 0 Å². The Morgan fingerprint density at radius 1 is 1.20 bits per heavy atom. The summed E-state index contributed by atoms with van der Waals surface area (Å²) in [5.74, 6) is 2.62. The fourth-order valence-corrected chi connectivity index (χ4v) is 2.33. The summed E-state index contributed by atoms with van der Waals surface area (Å²) < 4.78 is 16.9. The van der Waals surface area contributed by atoms with E-state index in [9.17, 15) is 0 Å². The minimum Gasteiger partial charge on any atom is -0.486 e. The third kappa shape index (κ3) is 3.87. The molecule has 1 N–H and O–H groups in total. The lowest BCUT2D eigenvalue weighted by atomic mass is 10.1. The second-order valence-corrected chi connectivity index (χ2v) is 5.49. The first-order valence-electron chi connectivity index (χ1n) is 7.59. The van der Waals surface area contributed by atoms with Crippen LogP contribution in [-0.4, -0.2) is 33.0 Å². The summed E-state index contributed by atoms with van der Waals surface area (Å²) in [6, 6.07) is 6.07. The first-order chi connectivity index (χ1) is 9.93. The van der Waals surface area contributed by atoms with Crippen LogP contribution in [0.4, 0.5) is 0 Å². The Hall–Kier alpha value is -1.26. The zero-order valence-corrected chi connectivity index (χ0v) is 11.9. The van der Waals surface area contributed by atoms with Crippen molar-refractivity contribution in [3.05, 3.63) is 23.8 Å². The fourth-order valence-electron chi connectivity index (χ4n) is 2.33. The van der Waals surface area contributed by atoms with Crippen LogP contribution < -0.4 is 14.8 Å². The fraction of sp³-hybridized carbons (Fsp3) is 0.625. The average molecular weight is 277 g/mol. The van der Waals surface area contributed by atoms with Gasteiger partial charge in [0.05, 0.1) is 0 Å². The largest absolute Gasteiger partial charge is 0.486 e. The normalized spacial score (nSPS) is 17.2. The Kier molecular flexibility index (Phi) is 4.77. The third-order valence-corrected chi connectivity index (χ3v) is 3.66. The van der Waals surface area contributed by atoms with Crippen molar-refractivity contribution >= 4 is 0 Å². The van der Waals surface area contributed by atoms with Crippen molar-refractivity contribution in [2.45, 2.75) is 25.8 Å². The van der Waals surface area contributed by atoms with E-state index in [4.69, 9.17) is 14.2 Å². The summed E-state index contributed by atoms with van der Waals surface area (Å²) in [4.78, 5) is 0. The van der Waals surface area contributed by atoms with Crippen LogP contribution in [0.5, 0.6) is 11.5 Å². The molecule has 0 atom stereocenters. The van der Waals surface area contributed by atoms with E-state index in [0.717, 1.165) is 50.1 Å². The van der Waals surface area contributed by atoms with Gasteiger partial charge in [-0.15, -0.1) is 0 Å². The van der Waals surface area contributed by atoms with Crippen LogP contribution in [0.3, 0.4) is 0 Å². The lowest BCUT2D eigenvalue weighted by molar-refractivity contribution is 0.122. The number of benzene rings is 1. The molecule has 1 aliphatic heterocycles. The molecule has 3 rings (SSSR count). The van der Waals surface area contributed by atoms with Crippen LogP contribution in [0.1, 0.15) is 24.8 Å². The number of ether oxygens (including phenoxy) is 3. The number of fused-ring (bicyclic) bond motifs is 1. The van der Waals surface area contributed by atoms with Gasteiger partial charge < -0.3 is 19.5 Å². The minimum absolute atomic E-state index is 0.638. The number of rotatable bonds is 8. The molecule has 0 saturated heterocycles. The second-order valence-electron chi connectivity index (χ2n) is 5.49. The summed E-state index contributed by atoms with van der Waals surface area (Å²) in [6.45, 7) is 4.87. The molecular weight excluding hydrogens is 254 g/mol. The highest BCUT2D eigenvalue weighted by Crippen LogP contribution is 2.33. The molecule has 0 bridgehead atoms. The Bertz CT molecular complexity index is 432. The predicted octanol–water partition coefficient (Wildman–Crippen LogP) is 2.36. The molecule has 1 fully saturated rings. The maximum Gasteiger partial charge on any atom is 0.165 e. The number of nitrogens with one attached hydrogen (secondary N) is 1. The Morgan fingerprint density at radius 2 is 2.10 bits per heavy atom. The first kappa shape index (κ1) is 13.7. The maximum absolute atomic E-state index is 5.69. The lowest BCUT2D eigenvalue weighted by Gasteiger charge is -2.21. The van der Waals surface area contributed by atoms with Crippen molar-refractivity contribution in [2.75, 3.05) is 33.0 Å². The van der Waals surface area contributed by atoms with E-state index in [-0.39, 0.29) is 0 Å². The van der Waals surface area contributed by atoms with Gasteiger partial charge in [0.15, 0.2) is 11.5 Å². The molecule has 1 saturated carbocycles. The molecule has 2 aliphatic rings. The molecule has 1 heterocycles. The highest BCUT2D eigenvalue weighted by atomic mass is 16.6. The number of para-hydroxylation sites is 1. The molecule has 0 unspecified atom stereocenters. The van der Waals surface area contributed by atoms with Gasteiger partial charge in [-0.1, -0.05) is 12.1 Å². The molecular formula is C16H23NO3. The Labute approximate surface area is 120 Å². The molecule has 110 valence electrons. The van der Waals surface area contributed by atoms with Crippen LogP contribution >= 0.6 is 0 Å². The van der Waals surface area contributed by atoms with Gasteiger partial charge in [-0.05, 0) is 37.8 Å². The van der Waals surface area contributed by atoms with E-state index in [1.54, 1.807) is 0 Å². The Morgan fingerprint density at radius 3 is 3.00 bits per heavy atom. The van der Waals surface area contributed by atoms with Crippen LogP contribution in [-0.2, 0) is 11.3 Å². The van der Waals surface area contributed by atoms with Crippen molar-refractivity contribution in [3.8, 4) is 11.5 Å². The highest BCUT2D eigenvalue weighted by Gasteiger charge is 2.20. The molecule has 4 heteroatoms. The van der Waals surface area contributed by atoms with E-state index in [0.29, 0.717) is 13.2 Å². The van der Waals surface area contributed by atoms with Crippen molar-refractivity contribution in [1.29, 1.82) is 0 Å². The third-order valence-electron chi connectivity index (χ3n) is 3.66. The standard InChI is InChI=1S/C16H23NO3/c1-3-14(16-15(4-1)19-9-10-20-16)11-17-7-2-8-18-12-13-5-6-13/h1,3-4,13,17H,2,5-12H2. The van der Waals surface area contributed by atoms with E-state index in [1.165, 1.54) is 18.4 Å². The van der Waals surface area contributed by atoms with Crippen molar-refractivity contribution in [1.82, 2.24) is 5.32 Å². The SMILES string of the molecule is c1cc(CNCCCOCC2CC2)c2c(c1)OCCO2. The average Bonchev–Trinajstić information content (AvgIpc) is 3.30. The minimum atomic E-state index is 0.638. The van der Waals surface area contributed by atoms with E-state index in [1.807, 2.05) is 12.1 Å². The molecule has 0 radical (unpaired) electrons. The monoisotopic (exact) mass is 277 g/mol. The quantitative estimate of drug-likeness (QED) is 0.741. The van der Waals surface area contributed by atoms with Gasteiger partial charge in [-0.2, -0.15) is 0 Å². The van der Waals surface area contributed by atoms with E-state index in [2.05, 4.69) is 11.4 Å². The molecule has 0 spiro atoms. The first-order valence-corrected chi connectivity index (χ1v) is 7.59. The second kappa shape index (κ2) is 6.95. The van der Waals surface area contributed by atoms with Gasteiger partial charge >= 0.3 is 0 Å². The Balaban J connectivity index is 1.35. The van der Waals surface area contributed by atoms with Gasteiger partial charge in [-0.25, -0.2) is 0 Å². The van der Waals surface area contributed by atoms with Crippen LogP contribution in [0.2, 0.25) is 0 Å². The molecule has 1 aliphatic carbocycles. The van der Waals surface area contributed by atoms with Gasteiger partial charge in [0.2, 0.25) is 0 Å². The summed E-state index contributed by atoms with van der Waals surface area (Å²) in [7, 11) is 0. The van der Waals surface area contributed by atoms with Gasteiger partial charge in [0.25, 0.3) is 0 Å². The zero-order valence-electron chi connectivity index (χ0n) is 11.9. The molecule has 4 nitrogen and oxygen atoms in total. The van der Waals surface area contributed by atoms with Gasteiger partial charge in [0, 0.05) is 25.3 Å². The lowest BCUT2D eigenvalue weighted by Crippen LogP contribution is -2.20. The van der Waals surface area contributed by atoms with Gasteiger partial charge in [0.1, 0.15) is 13.2 Å². The van der Waals surface area contributed by atoms with Crippen molar-refractivity contribution in [3.63, 3.8) is 0 Å². The number of hydrogen-bond donors (Lipinski definition) is 1. The predicted molar refractivity (Wildman–Crippen MR) is 77.3 cm³/mol. The summed E-state index contributed by atoms with van der Waals surface area (Å²) in [5.41, 5.74) is 1.17. The van der Waals surface area contributed by atoms with E-state index < -0.39 is 0 Å². The summed E-state index contributed by atoms with van der Waals surface area (Å²) in [6.07, 6.45) is 3.78. The number of hydrogen-bond acceptors (Lipinski definition) is 4. The summed E-state index contributed by atoms with van der Waals surface area (Å²) >= 11 is 0. The van der Waals surface area contributed by atoms with Crippen molar-refractivity contribution < 1.29 is 14.2 Å². The molecule has 1 aromatic rings. The van der Waals surface area contributed by atoms with E-state index >= 15 is 0 Å². The molecule has 0 aromatic heterocycles. The molecule has 20 heavy (non-hydrogen) atoms. The van der Waals surface area contributed by atoms with Crippen LogP contribution in [0.15, 0.2) is 18.2 Å². The highest BCUT2D eigenvalue weighted by molar-refractivity contribution is 5.47. The van der Waals surface area contributed by atoms with Crippen molar-refractivity contribution in [2.24, 2.45) is 5.92 Å². The smallest absolute Gasteiger partial charge is 0.165 e. The molecule has 1 aromatic carbocycles. The summed E-state index contributed by atoms with van der Waals surface area (Å²) in [5, 5.41) is 3.44. The molecule has 0 amide bonds. The van der Waals surface area contributed by atoms with Gasteiger partial charge in [-0.3, -0.25) is 0 Å².